The molecule has 1 N–H and O–H groups in total. The third-order valence-electron chi connectivity index (χ3n) is 1.53. The Bertz CT molecular complexity index is 304. The summed E-state index contributed by atoms with van der Waals surface area (Å²) in [7, 11) is 3.96. The number of hydrogen-bond donors (Lipinski definition) is 1. The van der Waals surface area contributed by atoms with Crippen LogP contribution in [0.2, 0.25) is 0 Å². The number of aromatic hydroxyl groups is 1. The zero-order chi connectivity index (χ0) is 11.7. The van der Waals surface area contributed by atoms with Crippen LogP contribution in [0.4, 0.5) is 0 Å². The standard InChI is InChI=1S/C9H13NO.C2H2O2/c1-10(2)7-8-5-3-4-6-9(8)11;3-1-2-4/h3-6,11H,7H2,1-2H3;1-2H. The zero-order valence-electron chi connectivity index (χ0n) is 8.88. The van der Waals surface area contributed by atoms with Crippen molar-refractivity contribution in [2.75, 3.05) is 14.1 Å². The second-order valence-corrected chi connectivity index (χ2v) is 3.14. The van der Waals surface area contributed by atoms with Gasteiger partial charge in [-0.05, 0) is 20.2 Å². The van der Waals surface area contributed by atoms with Crippen molar-refractivity contribution in [1.82, 2.24) is 4.90 Å². The molecule has 0 radical (unpaired) electrons. The summed E-state index contributed by atoms with van der Waals surface area (Å²) >= 11 is 0. The molecule has 0 heterocycles. The first-order chi connectivity index (χ1) is 7.11. The van der Waals surface area contributed by atoms with E-state index in [-0.39, 0.29) is 12.6 Å². The number of para-hydroxylation sites is 1. The van der Waals surface area contributed by atoms with Gasteiger partial charge in [0.05, 0.1) is 0 Å². The van der Waals surface area contributed by atoms with Crippen molar-refractivity contribution in [1.29, 1.82) is 0 Å². The van der Waals surface area contributed by atoms with Gasteiger partial charge >= 0.3 is 0 Å². The number of phenolic OH excluding ortho intramolecular Hbond substituents is 1. The summed E-state index contributed by atoms with van der Waals surface area (Å²) < 4.78 is 0. The van der Waals surface area contributed by atoms with E-state index >= 15 is 0 Å². The number of benzene rings is 1. The fourth-order valence-corrected chi connectivity index (χ4v) is 0.985. The van der Waals surface area contributed by atoms with E-state index < -0.39 is 0 Å². The minimum absolute atomic E-state index is 0.194. The summed E-state index contributed by atoms with van der Waals surface area (Å²) in [5, 5.41) is 9.33. The molecular weight excluding hydrogens is 194 g/mol. The van der Waals surface area contributed by atoms with Crippen molar-refractivity contribution in [3.8, 4) is 5.75 Å². The Balaban J connectivity index is 0.000000423. The summed E-state index contributed by atoms with van der Waals surface area (Å²) in [4.78, 5) is 19.6. The first-order valence-electron chi connectivity index (χ1n) is 4.42. The lowest BCUT2D eigenvalue weighted by Gasteiger charge is -2.10. The van der Waals surface area contributed by atoms with Crippen molar-refractivity contribution in [2.45, 2.75) is 6.54 Å². The molecule has 1 rings (SSSR count). The van der Waals surface area contributed by atoms with Gasteiger partial charge < -0.3 is 10.0 Å². The number of rotatable bonds is 3. The van der Waals surface area contributed by atoms with E-state index in [4.69, 9.17) is 9.59 Å². The van der Waals surface area contributed by atoms with E-state index in [1.165, 1.54) is 0 Å². The van der Waals surface area contributed by atoms with Crippen LogP contribution in [0, 0.1) is 0 Å². The average Bonchev–Trinajstić information content (AvgIpc) is 2.21. The van der Waals surface area contributed by atoms with Crippen LogP contribution < -0.4 is 0 Å². The Morgan fingerprint density at radius 2 is 1.73 bits per heavy atom. The molecule has 0 aliphatic carbocycles. The molecule has 0 amide bonds. The Morgan fingerprint density at radius 1 is 1.20 bits per heavy atom. The first-order valence-corrected chi connectivity index (χ1v) is 4.42. The Hall–Kier alpha value is -1.68. The maximum absolute atomic E-state index is 9.33. The van der Waals surface area contributed by atoms with Crippen molar-refractivity contribution >= 4 is 12.6 Å². The van der Waals surface area contributed by atoms with Gasteiger partial charge in [0.2, 0.25) is 0 Å². The molecule has 1 aromatic carbocycles. The summed E-state index contributed by atoms with van der Waals surface area (Å²) in [6.07, 6.45) is 0.389. The molecule has 0 saturated heterocycles. The second-order valence-electron chi connectivity index (χ2n) is 3.14. The summed E-state index contributed by atoms with van der Waals surface area (Å²) in [5.41, 5.74) is 0.970. The van der Waals surface area contributed by atoms with E-state index in [1.807, 2.05) is 37.2 Å². The van der Waals surface area contributed by atoms with Gasteiger partial charge in [-0.3, -0.25) is 9.59 Å². The molecule has 15 heavy (non-hydrogen) atoms. The van der Waals surface area contributed by atoms with Gasteiger partial charge in [0.15, 0.2) is 12.6 Å². The third kappa shape index (κ3) is 6.40. The highest BCUT2D eigenvalue weighted by atomic mass is 16.3. The molecule has 0 aliphatic heterocycles. The van der Waals surface area contributed by atoms with Gasteiger partial charge in [0, 0.05) is 12.1 Å². The molecule has 1 aromatic rings. The number of nitrogens with zero attached hydrogens (tertiary/aromatic N) is 1. The SMILES string of the molecule is CN(C)Cc1ccccc1O.O=CC=O. The van der Waals surface area contributed by atoms with E-state index in [0.29, 0.717) is 5.75 Å². The van der Waals surface area contributed by atoms with E-state index in [9.17, 15) is 5.11 Å². The topological polar surface area (TPSA) is 57.6 Å². The highest BCUT2D eigenvalue weighted by Crippen LogP contribution is 2.16. The van der Waals surface area contributed by atoms with E-state index in [2.05, 4.69) is 0 Å². The number of hydrogen-bond acceptors (Lipinski definition) is 4. The van der Waals surface area contributed by atoms with Gasteiger partial charge in [-0.15, -0.1) is 0 Å². The highest BCUT2D eigenvalue weighted by molar-refractivity contribution is 6.09. The molecule has 0 spiro atoms. The molecule has 0 aliphatic rings. The molecule has 82 valence electrons. The number of carbonyl (C=O) groups is 2. The van der Waals surface area contributed by atoms with Crippen LogP contribution in [0.5, 0.6) is 5.75 Å². The van der Waals surface area contributed by atoms with Crippen molar-refractivity contribution in [3.05, 3.63) is 29.8 Å². The normalized spacial score (nSPS) is 9.00. The molecule has 4 nitrogen and oxygen atoms in total. The minimum atomic E-state index is 0.194. The smallest absolute Gasteiger partial charge is 0.182 e. The average molecular weight is 209 g/mol. The zero-order valence-corrected chi connectivity index (χ0v) is 8.88. The van der Waals surface area contributed by atoms with Crippen LogP contribution in [0.15, 0.2) is 24.3 Å². The van der Waals surface area contributed by atoms with Crippen molar-refractivity contribution < 1.29 is 14.7 Å². The number of phenols is 1. The molecule has 0 fully saturated rings. The lowest BCUT2D eigenvalue weighted by Crippen LogP contribution is -2.10. The van der Waals surface area contributed by atoms with Crippen LogP contribution in [0.1, 0.15) is 5.56 Å². The van der Waals surface area contributed by atoms with Crippen LogP contribution in [-0.4, -0.2) is 36.7 Å². The number of carbonyl (C=O) groups excluding carboxylic acids is 2. The Labute approximate surface area is 89.1 Å². The monoisotopic (exact) mass is 209 g/mol. The van der Waals surface area contributed by atoms with Gasteiger partial charge in [-0.1, -0.05) is 18.2 Å². The summed E-state index contributed by atoms with van der Waals surface area (Å²) in [5.74, 6) is 0.376. The van der Waals surface area contributed by atoms with Crippen LogP contribution in [0.25, 0.3) is 0 Å². The molecule has 0 bridgehead atoms. The molecule has 0 aromatic heterocycles. The molecule has 0 saturated carbocycles. The maximum Gasteiger partial charge on any atom is 0.182 e. The van der Waals surface area contributed by atoms with Crippen LogP contribution in [-0.2, 0) is 16.1 Å². The minimum Gasteiger partial charge on any atom is -0.508 e. The van der Waals surface area contributed by atoms with Crippen LogP contribution in [0.3, 0.4) is 0 Å². The van der Waals surface area contributed by atoms with Gasteiger partial charge in [0.1, 0.15) is 5.75 Å². The predicted molar refractivity (Wildman–Crippen MR) is 57.6 cm³/mol. The van der Waals surface area contributed by atoms with Gasteiger partial charge in [0.25, 0.3) is 0 Å². The van der Waals surface area contributed by atoms with E-state index in [1.54, 1.807) is 6.07 Å². The molecule has 4 heteroatoms. The van der Waals surface area contributed by atoms with Crippen LogP contribution >= 0.6 is 0 Å². The largest absolute Gasteiger partial charge is 0.508 e. The van der Waals surface area contributed by atoms with E-state index in [0.717, 1.165) is 12.1 Å². The predicted octanol–water partition coefficient (Wildman–Crippen LogP) is 0.838. The number of aldehydes is 2. The highest BCUT2D eigenvalue weighted by Gasteiger charge is 1.98. The fourth-order valence-electron chi connectivity index (χ4n) is 0.985. The van der Waals surface area contributed by atoms with Crippen molar-refractivity contribution in [3.63, 3.8) is 0 Å². The fraction of sp³-hybridized carbons (Fsp3) is 0.273. The lowest BCUT2D eigenvalue weighted by molar-refractivity contribution is -0.122. The van der Waals surface area contributed by atoms with Gasteiger partial charge in [-0.25, -0.2) is 0 Å². The lowest BCUT2D eigenvalue weighted by atomic mass is 10.2. The summed E-state index contributed by atoms with van der Waals surface area (Å²) in [6, 6.07) is 7.39. The Kier molecular flexibility index (Phi) is 6.84. The summed E-state index contributed by atoms with van der Waals surface area (Å²) in [6.45, 7) is 0.784. The third-order valence-corrected chi connectivity index (χ3v) is 1.53. The molecular formula is C11H15NO3. The van der Waals surface area contributed by atoms with Gasteiger partial charge in [-0.2, -0.15) is 0 Å². The first kappa shape index (κ1) is 13.3. The van der Waals surface area contributed by atoms with Crippen molar-refractivity contribution in [2.24, 2.45) is 0 Å². The second kappa shape index (κ2) is 7.70. The quantitative estimate of drug-likeness (QED) is 0.592. The maximum atomic E-state index is 9.33. The Morgan fingerprint density at radius 3 is 2.13 bits per heavy atom. The molecule has 0 atom stereocenters. The molecule has 0 unspecified atom stereocenters.